The van der Waals surface area contributed by atoms with Gasteiger partial charge < -0.3 is 0 Å². The number of hydrogen-bond acceptors (Lipinski definition) is 1. The molecule has 0 N–H and O–H groups in total. The molecule has 0 aromatic heterocycles. The van der Waals surface area contributed by atoms with Gasteiger partial charge in [-0.15, -0.1) is 0 Å². The average Bonchev–Trinajstić information content (AvgIpc) is 2.50. The van der Waals surface area contributed by atoms with E-state index in [9.17, 15) is 4.79 Å². The van der Waals surface area contributed by atoms with E-state index in [1.807, 2.05) is 0 Å². The Morgan fingerprint density at radius 2 is 1.24 bits per heavy atom. The van der Waals surface area contributed by atoms with Gasteiger partial charge in [-0.2, -0.15) is 0 Å². The molecule has 0 aliphatic heterocycles. The van der Waals surface area contributed by atoms with Crippen LogP contribution in [0.15, 0.2) is 65.6 Å². The Kier molecular flexibility index (Phi) is 4.74. The van der Waals surface area contributed by atoms with Gasteiger partial charge in [0.2, 0.25) is 0 Å². The summed E-state index contributed by atoms with van der Waals surface area (Å²) in [5.41, 5.74) is 12.1. The van der Waals surface area contributed by atoms with Crippen molar-refractivity contribution in [3.8, 4) is 0 Å². The Balaban J connectivity index is 2.65. The molecule has 0 unspecified atom stereocenters. The number of carbonyl (C=O) groups excluding carboxylic acids is 1. The van der Waals surface area contributed by atoms with E-state index < -0.39 is 0 Å². The summed E-state index contributed by atoms with van der Waals surface area (Å²) in [6.45, 7) is 5.85. The Hall–Kier alpha value is -2.59. The molecule has 0 aliphatic carbocycles. The Morgan fingerprint density at radius 1 is 0.810 bits per heavy atom. The van der Waals surface area contributed by atoms with Crippen molar-refractivity contribution in [2.75, 3.05) is 0 Å². The summed E-state index contributed by atoms with van der Waals surface area (Å²) in [6, 6.07) is 16.5. The van der Waals surface area contributed by atoms with Crippen LogP contribution in [0.3, 0.4) is 0 Å². The van der Waals surface area contributed by atoms with Crippen molar-refractivity contribution in [2.45, 2.75) is 20.8 Å². The Morgan fingerprint density at radius 3 is 1.62 bits per heavy atom. The number of rotatable bonds is 3. The summed E-state index contributed by atoms with van der Waals surface area (Å²) >= 11 is 0. The van der Waals surface area contributed by atoms with E-state index in [0.29, 0.717) is 5.57 Å². The lowest BCUT2D eigenvalue weighted by Gasteiger charge is -2.06. The van der Waals surface area contributed by atoms with Gasteiger partial charge in [-0.05, 0) is 31.9 Å². The van der Waals surface area contributed by atoms with Crippen LogP contribution in [0.1, 0.15) is 29.2 Å². The van der Waals surface area contributed by atoms with Crippen molar-refractivity contribution >= 4 is 11.9 Å². The minimum atomic E-state index is 0.534. The highest BCUT2D eigenvalue weighted by molar-refractivity contribution is 5.80. The minimum absolute atomic E-state index is 0.534. The first-order valence-corrected chi connectivity index (χ1v) is 6.92. The minimum Gasteiger partial charge on any atom is -0.298 e. The molecule has 104 valence electrons. The van der Waals surface area contributed by atoms with E-state index in [1.165, 1.54) is 11.1 Å². The van der Waals surface area contributed by atoms with E-state index in [1.54, 1.807) is 6.92 Å². The summed E-state index contributed by atoms with van der Waals surface area (Å²) in [5.74, 6) is 0. The zero-order valence-corrected chi connectivity index (χ0v) is 12.6. The normalized spacial score (nSPS) is 9.48. The molecule has 2 aromatic rings. The molecular formula is C20H18O. The third-order valence-electron chi connectivity index (χ3n) is 3.24. The lowest BCUT2D eigenvalue weighted by molar-refractivity contribution is -0.104. The number of benzene rings is 2. The monoisotopic (exact) mass is 274 g/mol. The molecular weight excluding hydrogens is 256 g/mol. The molecule has 0 saturated heterocycles. The summed E-state index contributed by atoms with van der Waals surface area (Å²) in [7, 11) is 0. The summed E-state index contributed by atoms with van der Waals surface area (Å²) < 4.78 is 0. The highest BCUT2D eigenvalue weighted by Gasteiger charge is 2.04. The molecule has 1 nitrogen and oxygen atoms in total. The van der Waals surface area contributed by atoms with Gasteiger partial charge in [-0.25, -0.2) is 0 Å². The van der Waals surface area contributed by atoms with Crippen LogP contribution in [0.4, 0.5) is 0 Å². The number of aryl methyl sites for hydroxylation is 2. The maximum Gasteiger partial charge on any atom is 0.154 e. The number of hydrogen-bond donors (Lipinski definition) is 0. The van der Waals surface area contributed by atoms with Crippen LogP contribution in [0.5, 0.6) is 0 Å². The van der Waals surface area contributed by atoms with Crippen LogP contribution >= 0.6 is 0 Å². The number of allylic oxidation sites excluding steroid dienone is 1. The molecule has 0 fully saturated rings. The van der Waals surface area contributed by atoms with E-state index in [0.717, 1.165) is 23.0 Å². The Bertz CT molecular complexity index is 686. The topological polar surface area (TPSA) is 17.1 Å². The third kappa shape index (κ3) is 3.94. The standard InChI is InChI=1S/C20H18O/c1-15-4-9-18(10-5-15)20(13-8-17(3)14-21)19-11-6-16(2)7-12-19/h4-7,9-12,14H,1-3H3. The van der Waals surface area contributed by atoms with Gasteiger partial charge in [0.15, 0.2) is 6.29 Å². The zero-order valence-electron chi connectivity index (χ0n) is 12.6. The van der Waals surface area contributed by atoms with Crippen molar-refractivity contribution < 1.29 is 4.79 Å². The predicted molar refractivity (Wildman–Crippen MR) is 87.1 cm³/mol. The van der Waals surface area contributed by atoms with Crippen LogP contribution in [0.2, 0.25) is 0 Å². The number of carbonyl (C=O) groups is 1. The van der Waals surface area contributed by atoms with E-state index in [-0.39, 0.29) is 0 Å². The van der Waals surface area contributed by atoms with Crippen molar-refractivity contribution in [3.05, 3.63) is 87.8 Å². The molecule has 0 radical (unpaired) electrons. The first-order valence-electron chi connectivity index (χ1n) is 6.92. The highest BCUT2D eigenvalue weighted by Crippen LogP contribution is 2.23. The lowest BCUT2D eigenvalue weighted by atomic mass is 9.97. The molecule has 0 atom stereocenters. The second-order valence-corrected chi connectivity index (χ2v) is 5.16. The van der Waals surface area contributed by atoms with Crippen molar-refractivity contribution in [3.63, 3.8) is 0 Å². The molecule has 0 bridgehead atoms. The fourth-order valence-electron chi connectivity index (χ4n) is 1.94. The van der Waals surface area contributed by atoms with Crippen LogP contribution in [0.25, 0.3) is 5.57 Å². The van der Waals surface area contributed by atoms with Crippen LogP contribution in [0, 0.1) is 13.8 Å². The summed E-state index contributed by atoms with van der Waals surface area (Å²) in [4.78, 5) is 10.7. The summed E-state index contributed by atoms with van der Waals surface area (Å²) in [6.07, 6.45) is 0.787. The van der Waals surface area contributed by atoms with Crippen molar-refractivity contribution in [1.82, 2.24) is 0 Å². The first kappa shape index (κ1) is 14.8. The summed E-state index contributed by atoms with van der Waals surface area (Å²) in [5, 5.41) is 0. The molecule has 21 heavy (non-hydrogen) atoms. The maximum absolute atomic E-state index is 10.7. The van der Waals surface area contributed by atoms with Crippen molar-refractivity contribution in [1.29, 1.82) is 0 Å². The maximum atomic E-state index is 10.7. The fraction of sp³-hybridized carbons (Fsp3) is 0.150. The fourth-order valence-corrected chi connectivity index (χ4v) is 1.94. The second-order valence-electron chi connectivity index (χ2n) is 5.16. The van der Waals surface area contributed by atoms with Gasteiger partial charge in [0.05, 0.1) is 0 Å². The van der Waals surface area contributed by atoms with Gasteiger partial charge in [-0.3, -0.25) is 4.79 Å². The largest absolute Gasteiger partial charge is 0.298 e. The predicted octanol–water partition coefficient (Wildman–Crippen LogP) is 4.63. The molecule has 0 amide bonds. The van der Waals surface area contributed by atoms with E-state index in [4.69, 9.17) is 0 Å². The molecule has 0 aliphatic rings. The van der Waals surface area contributed by atoms with Gasteiger partial charge in [-0.1, -0.05) is 71.1 Å². The molecule has 2 rings (SSSR count). The van der Waals surface area contributed by atoms with Gasteiger partial charge in [0.25, 0.3) is 0 Å². The molecule has 0 heterocycles. The van der Waals surface area contributed by atoms with Crippen LogP contribution < -0.4 is 0 Å². The SMILES string of the molecule is CC(=C=C=C(c1ccc(C)cc1)c1ccc(C)cc1)C=O. The smallest absolute Gasteiger partial charge is 0.154 e. The molecule has 0 spiro atoms. The number of aldehydes is 1. The highest BCUT2D eigenvalue weighted by atomic mass is 16.1. The Labute approximate surface area is 126 Å². The zero-order chi connectivity index (χ0) is 15.2. The average molecular weight is 274 g/mol. The van der Waals surface area contributed by atoms with Crippen molar-refractivity contribution in [2.24, 2.45) is 0 Å². The molecule has 2 aromatic carbocycles. The van der Waals surface area contributed by atoms with E-state index in [2.05, 4.69) is 73.8 Å². The van der Waals surface area contributed by atoms with Gasteiger partial charge in [0, 0.05) is 11.1 Å². The molecule has 0 saturated carbocycles. The first-order chi connectivity index (χ1) is 10.1. The van der Waals surface area contributed by atoms with Crippen LogP contribution in [-0.2, 0) is 4.79 Å². The van der Waals surface area contributed by atoms with Gasteiger partial charge in [0.1, 0.15) is 0 Å². The van der Waals surface area contributed by atoms with Crippen LogP contribution in [-0.4, -0.2) is 6.29 Å². The quantitative estimate of drug-likeness (QED) is 0.453. The van der Waals surface area contributed by atoms with E-state index >= 15 is 0 Å². The van der Waals surface area contributed by atoms with Gasteiger partial charge >= 0.3 is 0 Å². The second kappa shape index (κ2) is 6.72. The molecule has 1 heteroatoms. The lowest BCUT2D eigenvalue weighted by Crippen LogP contribution is -1.87. The third-order valence-corrected chi connectivity index (χ3v) is 3.24.